The lowest BCUT2D eigenvalue weighted by atomic mass is 9.87. The number of halogens is 3. The number of aliphatic hydroxyl groups is 1. The summed E-state index contributed by atoms with van der Waals surface area (Å²) < 4.78 is 34.0. The minimum Gasteiger partial charge on any atom is -0.443 e. The van der Waals surface area contributed by atoms with Gasteiger partial charge in [-0.25, -0.2) is 13.6 Å². The first-order valence-electron chi connectivity index (χ1n) is 7.26. The summed E-state index contributed by atoms with van der Waals surface area (Å²) in [7, 11) is 0. The quantitative estimate of drug-likeness (QED) is 0.760. The number of anilines is 1. The Labute approximate surface area is 139 Å². The van der Waals surface area contributed by atoms with Crippen LogP contribution in [0.4, 0.5) is 19.3 Å². The van der Waals surface area contributed by atoms with Crippen molar-refractivity contribution in [2.45, 2.75) is 51.2 Å². The minimum absolute atomic E-state index is 0.0987. The summed E-state index contributed by atoms with van der Waals surface area (Å²) in [5.74, 6) is -3.41. The fraction of sp³-hybridized carbons (Fsp3) is 0.562. The molecule has 0 bridgehead atoms. The van der Waals surface area contributed by atoms with Gasteiger partial charge in [0.25, 0.3) is 5.92 Å². The number of rotatable bonds is 0. The first-order chi connectivity index (χ1) is 10.3. The molecule has 1 aliphatic rings. The van der Waals surface area contributed by atoms with Crippen LogP contribution in [0.3, 0.4) is 0 Å². The molecule has 0 saturated carbocycles. The fourth-order valence-electron chi connectivity index (χ4n) is 2.45. The Kier molecular flexibility index (Phi) is 4.37. The molecule has 1 aliphatic heterocycles. The normalized spacial score (nSPS) is 23.9. The Balaban J connectivity index is 2.55. The van der Waals surface area contributed by atoms with Crippen LogP contribution in [0.5, 0.6) is 0 Å². The van der Waals surface area contributed by atoms with E-state index in [2.05, 4.69) is 0 Å². The van der Waals surface area contributed by atoms with Crippen molar-refractivity contribution in [1.29, 1.82) is 0 Å². The number of alkyl halides is 2. The van der Waals surface area contributed by atoms with Crippen LogP contribution in [-0.4, -0.2) is 29.3 Å². The molecule has 1 aromatic rings. The van der Waals surface area contributed by atoms with Crippen molar-refractivity contribution in [3.8, 4) is 0 Å². The van der Waals surface area contributed by atoms with Crippen LogP contribution in [0.2, 0.25) is 5.02 Å². The first kappa shape index (κ1) is 17.9. The van der Waals surface area contributed by atoms with Crippen LogP contribution < -0.4 is 4.90 Å². The van der Waals surface area contributed by atoms with E-state index in [4.69, 9.17) is 16.3 Å². The second-order valence-corrected chi connectivity index (χ2v) is 7.26. The van der Waals surface area contributed by atoms with Crippen LogP contribution in [0.25, 0.3) is 0 Å². The van der Waals surface area contributed by atoms with Gasteiger partial charge in [0.1, 0.15) is 5.60 Å². The highest BCUT2D eigenvalue weighted by atomic mass is 35.5. The van der Waals surface area contributed by atoms with Crippen LogP contribution >= 0.6 is 11.6 Å². The lowest BCUT2D eigenvalue weighted by molar-refractivity contribution is -0.177. The van der Waals surface area contributed by atoms with Crippen molar-refractivity contribution in [2.75, 3.05) is 11.4 Å². The van der Waals surface area contributed by atoms with Gasteiger partial charge in [0.05, 0.1) is 5.69 Å². The molecular weight excluding hydrogens is 328 g/mol. The molecule has 1 aromatic carbocycles. The van der Waals surface area contributed by atoms with Crippen molar-refractivity contribution in [3.63, 3.8) is 0 Å². The maximum atomic E-state index is 14.4. The van der Waals surface area contributed by atoms with E-state index in [0.717, 1.165) is 11.8 Å². The van der Waals surface area contributed by atoms with Crippen LogP contribution in [0, 0.1) is 0 Å². The number of benzene rings is 1. The van der Waals surface area contributed by atoms with E-state index < -0.39 is 29.6 Å². The molecule has 0 aromatic heterocycles. The van der Waals surface area contributed by atoms with Gasteiger partial charge in [-0.2, -0.15) is 0 Å². The lowest BCUT2D eigenvalue weighted by Crippen LogP contribution is -2.42. The highest BCUT2D eigenvalue weighted by molar-refractivity contribution is 6.30. The van der Waals surface area contributed by atoms with Crippen LogP contribution in [-0.2, 0) is 10.3 Å². The molecule has 23 heavy (non-hydrogen) atoms. The SMILES string of the molecule is CC(C)(C)OC(=O)N1CCC(F)(F)[C@@](C)(O)c2cc(Cl)ccc21. The summed E-state index contributed by atoms with van der Waals surface area (Å²) in [6.07, 6.45) is -1.43. The lowest BCUT2D eigenvalue weighted by Gasteiger charge is -2.32. The molecule has 1 atom stereocenters. The molecule has 7 heteroatoms. The van der Waals surface area contributed by atoms with Gasteiger partial charge in [0.15, 0.2) is 5.60 Å². The third kappa shape index (κ3) is 3.43. The minimum atomic E-state index is -3.41. The van der Waals surface area contributed by atoms with Crippen LogP contribution in [0.15, 0.2) is 18.2 Å². The Hall–Kier alpha value is -1.40. The Bertz CT molecular complexity index is 626. The number of carbonyl (C=O) groups excluding carboxylic acids is 1. The zero-order valence-electron chi connectivity index (χ0n) is 13.5. The van der Waals surface area contributed by atoms with Gasteiger partial charge in [-0.3, -0.25) is 4.90 Å². The predicted octanol–water partition coefficient (Wildman–Crippen LogP) is 4.33. The third-order valence-electron chi connectivity index (χ3n) is 3.75. The zero-order chi connectivity index (χ0) is 17.6. The third-order valence-corrected chi connectivity index (χ3v) is 3.98. The average Bonchev–Trinajstić information content (AvgIpc) is 2.44. The molecule has 0 saturated heterocycles. The predicted molar refractivity (Wildman–Crippen MR) is 84.2 cm³/mol. The zero-order valence-corrected chi connectivity index (χ0v) is 14.2. The second-order valence-electron chi connectivity index (χ2n) is 6.82. The summed E-state index contributed by atoms with van der Waals surface area (Å²) in [5, 5.41) is 10.6. The highest BCUT2D eigenvalue weighted by Crippen LogP contribution is 2.47. The van der Waals surface area contributed by atoms with Gasteiger partial charge in [-0.05, 0) is 45.9 Å². The topological polar surface area (TPSA) is 49.8 Å². The molecule has 1 amide bonds. The molecule has 0 aliphatic carbocycles. The van der Waals surface area contributed by atoms with Gasteiger partial charge in [-0.15, -0.1) is 0 Å². The maximum Gasteiger partial charge on any atom is 0.414 e. The fourth-order valence-corrected chi connectivity index (χ4v) is 2.63. The molecule has 128 valence electrons. The van der Waals surface area contributed by atoms with E-state index in [9.17, 15) is 18.7 Å². The van der Waals surface area contributed by atoms with Crippen molar-refractivity contribution in [1.82, 2.24) is 0 Å². The van der Waals surface area contributed by atoms with Crippen molar-refractivity contribution >= 4 is 23.4 Å². The summed E-state index contributed by atoms with van der Waals surface area (Å²) in [4.78, 5) is 13.5. The van der Waals surface area contributed by atoms with Crippen molar-refractivity contribution in [3.05, 3.63) is 28.8 Å². The average molecular weight is 348 g/mol. The van der Waals surface area contributed by atoms with E-state index in [-0.39, 0.29) is 22.8 Å². The van der Waals surface area contributed by atoms with Crippen LogP contribution in [0.1, 0.15) is 39.7 Å². The van der Waals surface area contributed by atoms with Gasteiger partial charge in [-0.1, -0.05) is 11.6 Å². The smallest absolute Gasteiger partial charge is 0.414 e. The van der Waals surface area contributed by atoms with Gasteiger partial charge in [0, 0.05) is 23.6 Å². The Morgan fingerprint density at radius 2 is 2.00 bits per heavy atom. The largest absolute Gasteiger partial charge is 0.443 e. The Morgan fingerprint density at radius 1 is 1.39 bits per heavy atom. The molecule has 0 radical (unpaired) electrons. The molecule has 1 heterocycles. The van der Waals surface area contributed by atoms with E-state index in [0.29, 0.717) is 0 Å². The maximum absolute atomic E-state index is 14.4. The number of carbonyl (C=O) groups is 1. The number of ether oxygens (including phenoxy) is 1. The molecule has 4 nitrogen and oxygen atoms in total. The standard InChI is InChI=1S/C16H20ClF2NO3/c1-14(2,3)23-13(21)20-8-7-16(18,19)15(4,22)11-9-10(17)5-6-12(11)20/h5-6,9,22H,7-8H2,1-4H3/t15-/m0/s1. The summed E-state index contributed by atoms with van der Waals surface area (Å²) in [6.45, 7) is 5.83. The number of hydrogen-bond acceptors (Lipinski definition) is 3. The first-order valence-corrected chi connectivity index (χ1v) is 7.64. The number of nitrogens with zero attached hydrogens (tertiary/aromatic N) is 1. The van der Waals surface area contributed by atoms with Gasteiger partial charge >= 0.3 is 6.09 Å². The van der Waals surface area contributed by atoms with Gasteiger partial charge < -0.3 is 9.84 Å². The highest BCUT2D eigenvalue weighted by Gasteiger charge is 2.54. The Morgan fingerprint density at radius 3 is 2.57 bits per heavy atom. The molecular formula is C16H20ClF2NO3. The molecule has 1 N–H and O–H groups in total. The van der Waals surface area contributed by atoms with Gasteiger partial charge in [0.2, 0.25) is 0 Å². The van der Waals surface area contributed by atoms with Crippen molar-refractivity contribution in [2.24, 2.45) is 0 Å². The molecule has 0 spiro atoms. The number of fused-ring (bicyclic) bond motifs is 1. The second kappa shape index (κ2) is 5.60. The number of amides is 1. The van der Waals surface area contributed by atoms with Crippen molar-refractivity contribution < 1.29 is 23.4 Å². The van der Waals surface area contributed by atoms with E-state index in [1.165, 1.54) is 18.2 Å². The summed E-state index contributed by atoms with van der Waals surface area (Å²) >= 11 is 5.89. The molecule has 0 fully saturated rings. The summed E-state index contributed by atoms with van der Waals surface area (Å²) in [6, 6.07) is 4.18. The monoisotopic (exact) mass is 347 g/mol. The van der Waals surface area contributed by atoms with E-state index in [1.54, 1.807) is 20.8 Å². The number of hydrogen-bond donors (Lipinski definition) is 1. The molecule has 2 rings (SSSR count). The van der Waals surface area contributed by atoms with E-state index >= 15 is 0 Å². The summed E-state index contributed by atoms with van der Waals surface area (Å²) in [5.41, 5.74) is -3.13. The molecule has 0 unspecified atom stereocenters. The van der Waals surface area contributed by atoms with E-state index in [1.807, 2.05) is 0 Å².